The Bertz CT molecular complexity index is 949. The minimum absolute atomic E-state index is 0.339. The first-order valence-corrected chi connectivity index (χ1v) is 11.4. The number of anilines is 1. The molecule has 2 aromatic carbocycles. The number of carbonyl (C=O) groups is 1. The van der Waals surface area contributed by atoms with Gasteiger partial charge in [0.05, 0.1) is 11.9 Å². The van der Waals surface area contributed by atoms with E-state index in [1.165, 1.54) is 6.42 Å². The molecule has 1 N–H and O–H groups in total. The number of para-hydroxylation sites is 1. The van der Waals surface area contributed by atoms with E-state index in [9.17, 15) is 13.2 Å². The molecule has 0 atom stereocenters. The second-order valence-electron chi connectivity index (χ2n) is 6.95. The van der Waals surface area contributed by atoms with Crippen LogP contribution in [0.5, 0.6) is 11.5 Å². The molecule has 154 valence electrons. The van der Waals surface area contributed by atoms with Crippen LogP contribution in [-0.2, 0) is 14.8 Å². The first-order chi connectivity index (χ1) is 13.9. The Balaban J connectivity index is 1.67. The predicted octanol–water partition coefficient (Wildman–Crippen LogP) is 3.68. The van der Waals surface area contributed by atoms with Crippen LogP contribution in [0.2, 0.25) is 0 Å². The highest BCUT2D eigenvalue weighted by Gasteiger charge is 2.21. The van der Waals surface area contributed by atoms with Crippen LogP contribution in [0, 0.1) is 0 Å². The van der Waals surface area contributed by atoms with E-state index in [2.05, 4.69) is 10.5 Å². The molecule has 0 aromatic heterocycles. The maximum Gasteiger partial charge on any atom is 0.260 e. The smallest absolute Gasteiger partial charge is 0.260 e. The Labute approximate surface area is 171 Å². The summed E-state index contributed by atoms with van der Waals surface area (Å²) in [5, 5.41) is 4.15. The van der Waals surface area contributed by atoms with Crippen LogP contribution >= 0.6 is 0 Å². The predicted molar refractivity (Wildman–Crippen MR) is 114 cm³/mol. The van der Waals surface area contributed by atoms with Crippen molar-refractivity contribution in [3.8, 4) is 11.5 Å². The van der Waals surface area contributed by atoms with E-state index < -0.39 is 15.9 Å². The van der Waals surface area contributed by atoms with Crippen molar-refractivity contribution in [1.82, 2.24) is 5.43 Å². The van der Waals surface area contributed by atoms with Gasteiger partial charge >= 0.3 is 0 Å². The number of amides is 1. The third-order valence-corrected chi connectivity index (χ3v) is 5.70. The monoisotopic (exact) mass is 415 g/mol. The van der Waals surface area contributed by atoms with Crippen molar-refractivity contribution < 1.29 is 17.9 Å². The van der Waals surface area contributed by atoms with Gasteiger partial charge in [-0.05, 0) is 62.1 Å². The number of nitrogens with one attached hydrogen (secondary N) is 1. The van der Waals surface area contributed by atoms with Crippen molar-refractivity contribution in [2.45, 2.75) is 32.1 Å². The van der Waals surface area contributed by atoms with Crippen LogP contribution in [0.25, 0.3) is 0 Å². The maximum atomic E-state index is 12.3. The number of benzene rings is 2. The normalized spacial score (nSPS) is 14.2. The largest absolute Gasteiger partial charge is 0.457 e. The summed E-state index contributed by atoms with van der Waals surface area (Å²) in [5.41, 5.74) is 3.83. The van der Waals surface area contributed by atoms with E-state index >= 15 is 0 Å². The minimum Gasteiger partial charge on any atom is -0.457 e. The van der Waals surface area contributed by atoms with Gasteiger partial charge in [-0.25, -0.2) is 13.8 Å². The SMILES string of the molecule is CS(=O)(=O)N(CC(=O)NN=C1CCCCC1)c1ccc(Oc2ccccc2)cc1. The average molecular weight is 416 g/mol. The highest BCUT2D eigenvalue weighted by molar-refractivity contribution is 7.92. The van der Waals surface area contributed by atoms with Gasteiger partial charge in [0, 0.05) is 5.71 Å². The summed E-state index contributed by atoms with van der Waals surface area (Å²) in [6, 6.07) is 15.8. The molecule has 0 bridgehead atoms. The zero-order valence-electron chi connectivity index (χ0n) is 16.4. The van der Waals surface area contributed by atoms with Gasteiger partial charge in [0.1, 0.15) is 18.0 Å². The van der Waals surface area contributed by atoms with Gasteiger partial charge in [-0.2, -0.15) is 5.10 Å². The second kappa shape index (κ2) is 9.56. The van der Waals surface area contributed by atoms with Gasteiger partial charge < -0.3 is 4.74 Å². The van der Waals surface area contributed by atoms with E-state index in [-0.39, 0.29) is 6.54 Å². The van der Waals surface area contributed by atoms with Gasteiger partial charge in [-0.1, -0.05) is 24.6 Å². The molecule has 1 fully saturated rings. The fraction of sp³-hybridized carbons (Fsp3) is 0.333. The molecule has 7 nitrogen and oxygen atoms in total. The standard InChI is InChI=1S/C21H25N3O4S/c1-29(26,27)24(16-21(25)23-22-17-8-4-2-5-9-17)18-12-14-20(15-13-18)28-19-10-6-3-7-11-19/h3,6-7,10-15H,2,4-5,8-9,16H2,1H3,(H,23,25). The molecule has 29 heavy (non-hydrogen) atoms. The number of carbonyl (C=O) groups excluding carboxylic acids is 1. The molecule has 0 saturated heterocycles. The number of sulfonamides is 1. The molecule has 1 amide bonds. The Morgan fingerprint density at radius 1 is 1.00 bits per heavy atom. The highest BCUT2D eigenvalue weighted by Crippen LogP contribution is 2.25. The number of hydrazone groups is 1. The zero-order chi connectivity index (χ0) is 20.7. The molecule has 3 rings (SSSR count). The molecule has 0 radical (unpaired) electrons. The summed E-state index contributed by atoms with van der Waals surface area (Å²) in [6.07, 6.45) is 6.14. The lowest BCUT2D eigenvalue weighted by Crippen LogP contribution is -2.39. The Hall–Kier alpha value is -2.87. The highest BCUT2D eigenvalue weighted by atomic mass is 32.2. The van der Waals surface area contributed by atoms with Gasteiger partial charge in [0.2, 0.25) is 10.0 Å². The Morgan fingerprint density at radius 2 is 1.62 bits per heavy atom. The number of rotatable bonds is 7. The van der Waals surface area contributed by atoms with Crippen LogP contribution < -0.4 is 14.5 Å². The van der Waals surface area contributed by atoms with E-state index in [0.717, 1.165) is 42.0 Å². The van der Waals surface area contributed by atoms with E-state index in [1.54, 1.807) is 24.3 Å². The molecule has 8 heteroatoms. The lowest BCUT2D eigenvalue weighted by Gasteiger charge is -2.22. The molecular weight excluding hydrogens is 390 g/mol. The van der Waals surface area contributed by atoms with Gasteiger partial charge in [0.25, 0.3) is 5.91 Å². The number of ether oxygens (including phenoxy) is 1. The third kappa shape index (κ3) is 6.32. The fourth-order valence-corrected chi connectivity index (χ4v) is 3.94. The molecule has 0 spiro atoms. The van der Waals surface area contributed by atoms with Crippen molar-refractivity contribution >= 4 is 27.3 Å². The van der Waals surface area contributed by atoms with E-state index in [4.69, 9.17) is 4.74 Å². The molecule has 1 aliphatic carbocycles. The molecule has 0 unspecified atom stereocenters. The summed E-state index contributed by atoms with van der Waals surface area (Å²) in [6.45, 7) is -0.339. The van der Waals surface area contributed by atoms with Crippen LogP contribution in [0.3, 0.4) is 0 Å². The first-order valence-electron chi connectivity index (χ1n) is 9.57. The molecular formula is C21H25N3O4S. The average Bonchev–Trinajstić information content (AvgIpc) is 2.72. The van der Waals surface area contributed by atoms with E-state index in [1.807, 2.05) is 30.3 Å². The minimum atomic E-state index is -3.64. The summed E-state index contributed by atoms with van der Waals surface area (Å²) in [4.78, 5) is 12.3. The lowest BCUT2D eigenvalue weighted by molar-refractivity contribution is -0.119. The first kappa shape index (κ1) is 20.9. The van der Waals surface area contributed by atoms with Crippen LogP contribution in [0.1, 0.15) is 32.1 Å². The molecule has 0 heterocycles. The van der Waals surface area contributed by atoms with Gasteiger partial charge in [0.15, 0.2) is 0 Å². The van der Waals surface area contributed by atoms with Crippen molar-refractivity contribution in [3.63, 3.8) is 0 Å². The molecule has 1 aliphatic rings. The van der Waals surface area contributed by atoms with Crippen LogP contribution in [-0.4, -0.2) is 32.8 Å². The van der Waals surface area contributed by atoms with Crippen molar-refractivity contribution in [1.29, 1.82) is 0 Å². The number of hydrogen-bond acceptors (Lipinski definition) is 5. The molecule has 2 aromatic rings. The Morgan fingerprint density at radius 3 is 2.24 bits per heavy atom. The summed E-state index contributed by atoms with van der Waals surface area (Å²) >= 11 is 0. The quantitative estimate of drug-likeness (QED) is 0.699. The molecule has 1 saturated carbocycles. The summed E-state index contributed by atoms with van der Waals surface area (Å²) < 4.78 is 31.2. The fourth-order valence-electron chi connectivity index (χ4n) is 3.08. The van der Waals surface area contributed by atoms with E-state index in [0.29, 0.717) is 17.2 Å². The van der Waals surface area contributed by atoms with Crippen molar-refractivity contribution in [3.05, 3.63) is 54.6 Å². The van der Waals surface area contributed by atoms with Crippen LogP contribution in [0.15, 0.2) is 59.7 Å². The summed E-state index contributed by atoms with van der Waals surface area (Å²) in [5.74, 6) is 0.779. The number of hydrogen-bond donors (Lipinski definition) is 1. The third-order valence-electron chi connectivity index (χ3n) is 4.56. The lowest BCUT2D eigenvalue weighted by atomic mass is 9.99. The van der Waals surface area contributed by atoms with Gasteiger partial charge in [-0.3, -0.25) is 9.10 Å². The van der Waals surface area contributed by atoms with Crippen molar-refractivity contribution in [2.24, 2.45) is 5.10 Å². The number of nitrogens with zero attached hydrogens (tertiary/aromatic N) is 2. The van der Waals surface area contributed by atoms with Crippen LogP contribution in [0.4, 0.5) is 5.69 Å². The topological polar surface area (TPSA) is 88.1 Å². The van der Waals surface area contributed by atoms with Crippen molar-refractivity contribution in [2.75, 3.05) is 17.1 Å². The maximum absolute atomic E-state index is 12.3. The zero-order valence-corrected chi connectivity index (χ0v) is 17.2. The van der Waals surface area contributed by atoms with Gasteiger partial charge in [-0.15, -0.1) is 0 Å². The summed E-state index contributed by atoms with van der Waals surface area (Å²) in [7, 11) is -3.64. The molecule has 0 aliphatic heterocycles. The Kier molecular flexibility index (Phi) is 6.87. The second-order valence-corrected chi connectivity index (χ2v) is 8.86.